The molecule has 142 valence electrons. The predicted octanol–water partition coefficient (Wildman–Crippen LogP) is 0.821. The van der Waals surface area contributed by atoms with Crippen LogP contribution in [0.25, 0.3) is 0 Å². The number of hydrogen-bond acceptors (Lipinski definition) is 6. The summed E-state index contributed by atoms with van der Waals surface area (Å²) in [6.07, 6.45) is 1.95. The maximum absolute atomic E-state index is 12.5. The van der Waals surface area contributed by atoms with E-state index in [0.29, 0.717) is 25.4 Å². The highest BCUT2D eigenvalue weighted by atomic mass is 32.2. The molecule has 1 aromatic carbocycles. The molecule has 1 aliphatic rings. The molecule has 8 nitrogen and oxygen atoms in total. The van der Waals surface area contributed by atoms with Crippen LogP contribution in [0.4, 0.5) is 0 Å². The number of benzene rings is 1. The first kappa shape index (κ1) is 19.1. The maximum atomic E-state index is 12.5. The molecule has 2 aromatic rings. The third-order valence-corrected chi connectivity index (χ3v) is 7.38. The van der Waals surface area contributed by atoms with Crippen molar-refractivity contribution in [2.75, 3.05) is 32.8 Å². The van der Waals surface area contributed by atoms with Gasteiger partial charge >= 0.3 is 0 Å². The predicted molar refractivity (Wildman–Crippen MR) is 93.6 cm³/mol. The Morgan fingerprint density at radius 3 is 2.23 bits per heavy atom. The summed E-state index contributed by atoms with van der Waals surface area (Å²) in [6.45, 7) is 1.47. The van der Waals surface area contributed by atoms with Crippen molar-refractivity contribution in [2.24, 2.45) is 0 Å². The first-order valence-corrected chi connectivity index (χ1v) is 11.0. The van der Waals surface area contributed by atoms with Gasteiger partial charge in [0.25, 0.3) is 0 Å². The van der Waals surface area contributed by atoms with Gasteiger partial charge in [0.1, 0.15) is 5.76 Å². The van der Waals surface area contributed by atoms with E-state index in [1.165, 1.54) is 34.8 Å². The molecule has 10 heteroatoms. The average molecular weight is 400 g/mol. The zero-order valence-corrected chi connectivity index (χ0v) is 15.6. The molecule has 0 atom stereocenters. The van der Waals surface area contributed by atoms with E-state index >= 15 is 0 Å². The van der Waals surface area contributed by atoms with Crippen LogP contribution >= 0.6 is 0 Å². The Morgan fingerprint density at radius 1 is 0.962 bits per heavy atom. The van der Waals surface area contributed by atoms with E-state index in [4.69, 9.17) is 9.15 Å². The van der Waals surface area contributed by atoms with Crippen molar-refractivity contribution in [3.05, 3.63) is 48.4 Å². The molecule has 2 heterocycles. The average Bonchev–Trinajstić information content (AvgIpc) is 3.16. The van der Waals surface area contributed by atoms with Gasteiger partial charge in [-0.05, 0) is 36.4 Å². The van der Waals surface area contributed by atoms with Crippen molar-refractivity contribution < 1.29 is 26.0 Å². The van der Waals surface area contributed by atoms with Gasteiger partial charge in [0.15, 0.2) is 0 Å². The molecule has 1 fully saturated rings. The van der Waals surface area contributed by atoms with Crippen molar-refractivity contribution >= 4 is 20.0 Å². The van der Waals surface area contributed by atoms with Gasteiger partial charge in [-0.2, -0.15) is 4.31 Å². The summed E-state index contributed by atoms with van der Waals surface area (Å²) in [5.74, 6) is 0.680. The number of morpholine rings is 1. The number of nitrogens with zero attached hydrogens (tertiary/aromatic N) is 1. The zero-order chi connectivity index (χ0) is 18.6. The van der Waals surface area contributed by atoms with E-state index in [0.717, 1.165) is 0 Å². The van der Waals surface area contributed by atoms with Crippen LogP contribution in [0.2, 0.25) is 0 Å². The SMILES string of the molecule is O=S(=O)(NCCc1ccco1)c1ccc(S(=O)(=O)N2CCOCC2)cc1. The minimum absolute atomic E-state index is 0.0119. The molecule has 0 aliphatic carbocycles. The minimum Gasteiger partial charge on any atom is -0.469 e. The van der Waals surface area contributed by atoms with E-state index in [1.807, 2.05) is 0 Å². The third kappa shape index (κ3) is 4.33. The van der Waals surface area contributed by atoms with Crippen molar-refractivity contribution in [2.45, 2.75) is 16.2 Å². The lowest BCUT2D eigenvalue weighted by Crippen LogP contribution is -2.40. The van der Waals surface area contributed by atoms with Crippen LogP contribution in [0.1, 0.15) is 5.76 Å². The number of hydrogen-bond donors (Lipinski definition) is 1. The number of sulfonamides is 2. The van der Waals surface area contributed by atoms with Crippen LogP contribution in [0.5, 0.6) is 0 Å². The van der Waals surface area contributed by atoms with Crippen molar-refractivity contribution in [3.63, 3.8) is 0 Å². The van der Waals surface area contributed by atoms with E-state index in [2.05, 4.69) is 4.72 Å². The second-order valence-corrected chi connectivity index (χ2v) is 9.42. The van der Waals surface area contributed by atoms with E-state index in [9.17, 15) is 16.8 Å². The van der Waals surface area contributed by atoms with E-state index in [1.54, 1.807) is 12.1 Å². The lowest BCUT2D eigenvalue weighted by molar-refractivity contribution is 0.0730. The Kier molecular flexibility index (Phi) is 5.78. The fourth-order valence-electron chi connectivity index (χ4n) is 2.57. The standard InChI is InChI=1S/C16H20N2O6S2/c19-25(20,17-8-7-14-2-1-11-24-14)15-3-5-16(6-4-15)26(21,22)18-9-12-23-13-10-18/h1-6,11,17H,7-10,12-13H2. The van der Waals surface area contributed by atoms with Crippen LogP contribution < -0.4 is 4.72 Å². The van der Waals surface area contributed by atoms with Gasteiger partial charge in [0.2, 0.25) is 20.0 Å². The molecule has 0 unspecified atom stereocenters. The molecular weight excluding hydrogens is 380 g/mol. The highest BCUT2D eigenvalue weighted by molar-refractivity contribution is 7.89. The van der Waals surface area contributed by atoms with Gasteiger partial charge in [0, 0.05) is 26.1 Å². The molecule has 0 amide bonds. The molecule has 1 saturated heterocycles. The van der Waals surface area contributed by atoms with E-state index in [-0.39, 0.29) is 29.4 Å². The fraction of sp³-hybridized carbons (Fsp3) is 0.375. The molecule has 0 spiro atoms. The Morgan fingerprint density at radius 2 is 1.62 bits per heavy atom. The quantitative estimate of drug-likeness (QED) is 0.738. The third-order valence-electron chi connectivity index (χ3n) is 3.99. The van der Waals surface area contributed by atoms with Crippen LogP contribution in [0.3, 0.4) is 0 Å². The number of rotatable bonds is 7. The summed E-state index contributed by atoms with van der Waals surface area (Å²) in [6, 6.07) is 8.71. The van der Waals surface area contributed by atoms with Crippen molar-refractivity contribution in [1.29, 1.82) is 0 Å². The zero-order valence-electron chi connectivity index (χ0n) is 14.0. The van der Waals surface area contributed by atoms with Crippen LogP contribution in [0, 0.1) is 0 Å². The van der Waals surface area contributed by atoms with Gasteiger partial charge in [-0.3, -0.25) is 0 Å². The normalized spacial score (nSPS) is 16.6. The highest BCUT2D eigenvalue weighted by Gasteiger charge is 2.26. The van der Waals surface area contributed by atoms with Gasteiger partial charge in [-0.1, -0.05) is 0 Å². The second kappa shape index (κ2) is 7.89. The van der Waals surface area contributed by atoms with Crippen molar-refractivity contribution in [3.8, 4) is 0 Å². The summed E-state index contributed by atoms with van der Waals surface area (Å²) in [7, 11) is -7.37. The maximum Gasteiger partial charge on any atom is 0.243 e. The minimum atomic E-state index is -3.72. The van der Waals surface area contributed by atoms with Crippen LogP contribution in [-0.4, -0.2) is 54.0 Å². The van der Waals surface area contributed by atoms with Crippen molar-refractivity contribution in [1.82, 2.24) is 9.03 Å². The van der Waals surface area contributed by atoms with Gasteiger partial charge in [0.05, 0.1) is 29.3 Å². The molecule has 3 rings (SSSR count). The smallest absolute Gasteiger partial charge is 0.243 e. The Hall–Kier alpha value is -1.72. The summed E-state index contributed by atoms with van der Waals surface area (Å²) in [5, 5.41) is 0. The molecular formula is C16H20N2O6S2. The monoisotopic (exact) mass is 400 g/mol. The van der Waals surface area contributed by atoms with E-state index < -0.39 is 20.0 Å². The lowest BCUT2D eigenvalue weighted by atomic mass is 10.3. The van der Waals surface area contributed by atoms with Crippen LogP contribution in [-0.2, 0) is 31.2 Å². The summed E-state index contributed by atoms with van der Waals surface area (Å²) in [5.41, 5.74) is 0. The van der Waals surface area contributed by atoms with Gasteiger partial charge < -0.3 is 9.15 Å². The molecule has 0 saturated carbocycles. The highest BCUT2D eigenvalue weighted by Crippen LogP contribution is 2.19. The Bertz CT molecular complexity index is 916. The largest absolute Gasteiger partial charge is 0.469 e. The first-order valence-electron chi connectivity index (χ1n) is 8.10. The van der Waals surface area contributed by atoms with Gasteiger partial charge in [-0.25, -0.2) is 21.6 Å². The molecule has 1 aliphatic heterocycles. The number of ether oxygens (including phenoxy) is 1. The molecule has 26 heavy (non-hydrogen) atoms. The molecule has 1 aromatic heterocycles. The van der Waals surface area contributed by atoms with Crippen LogP contribution in [0.15, 0.2) is 56.9 Å². The number of furan rings is 1. The Labute approximate surface area is 152 Å². The molecule has 0 radical (unpaired) electrons. The second-order valence-electron chi connectivity index (χ2n) is 5.72. The topological polar surface area (TPSA) is 106 Å². The molecule has 1 N–H and O–H groups in total. The first-order chi connectivity index (χ1) is 12.4. The summed E-state index contributed by atoms with van der Waals surface area (Å²) < 4.78 is 63.8. The lowest BCUT2D eigenvalue weighted by Gasteiger charge is -2.26. The summed E-state index contributed by atoms with van der Waals surface area (Å²) >= 11 is 0. The Balaban J connectivity index is 1.67. The summed E-state index contributed by atoms with van der Waals surface area (Å²) in [4.78, 5) is 0.0757. The van der Waals surface area contributed by atoms with Gasteiger partial charge in [-0.15, -0.1) is 0 Å². The number of nitrogens with one attached hydrogen (secondary N) is 1. The molecule has 0 bridgehead atoms. The fourth-order valence-corrected chi connectivity index (χ4v) is 5.01.